The fourth-order valence-corrected chi connectivity index (χ4v) is 4.80. The fourth-order valence-electron chi connectivity index (χ4n) is 4.80. The second-order valence-corrected chi connectivity index (χ2v) is 12.9. The molecule has 0 aliphatic heterocycles. The van der Waals surface area contributed by atoms with Crippen LogP contribution < -0.4 is 0 Å². The summed E-state index contributed by atoms with van der Waals surface area (Å²) in [6.45, 7) is 4.89. The summed E-state index contributed by atoms with van der Waals surface area (Å²) in [5.74, 6) is -0.306. The maximum atomic E-state index is 12.2. The number of hydrogen-bond donors (Lipinski definition) is 1. The molecule has 0 heterocycles. The van der Waals surface area contributed by atoms with Gasteiger partial charge in [-0.1, -0.05) is 172 Å². The molecule has 1 N–H and O–H groups in total. The molecule has 4 heteroatoms. The topological polar surface area (TPSA) is 55.8 Å². The van der Waals surface area contributed by atoms with Crippen molar-refractivity contribution in [1.29, 1.82) is 0 Å². The first-order valence-corrected chi connectivity index (χ1v) is 21.1. The highest BCUT2D eigenvalue weighted by molar-refractivity contribution is 5.69. The molecule has 4 nitrogen and oxygen atoms in total. The lowest BCUT2D eigenvalue weighted by Crippen LogP contribution is -2.27. The highest BCUT2D eigenvalue weighted by Gasteiger charge is 2.13. The van der Waals surface area contributed by atoms with Gasteiger partial charge in [-0.3, -0.25) is 4.79 Å². The summed E-state index contributed by atoms with van der Waals surface area (Å²) in [5.41, 5.74) is 0. The summed E-state index contributed by atoms with van der Waals surface area (Å²) in [6, 6.07) is 0. The largest absolute Gasteiger partial charge is 0.457 e. The molecule has 0 fully saturated rings. The Labute approximate surface area is 337 Å². The third kappa shape index (κ3) is 44.3. The third-order valence-electron chi connectivity index (χ3n) is 7.86. The molecule has 0 aromatic carbocycles. The minimum absolute atomic E-state index is 0.223. The van der Waals surface area contributed by atoms with Gasteiger partial charge in [-0.25, -0.2) is 0 Å². The number of unbranched alkanes of at least 4 members (excludes halogenated alkanes) is 2. The normalized spacial score (nSPS) is 14.0. The van der Waals surface area contributed by atoms with E-state index in [1.165, 1.54) is 0 Å². The molecule has 1 atom stereocenters. The highest BCUT2D eigenvalue weighted by Crippen LogP contribution is 2.04. The second kappa shape index (κ2) is 46.2. The van der Waals surface area contributed by atoms with Crippen LogP contribution in [0.25, 0.3) is 0 Å². The Hall–Kier alpha value is -3.99. The molecule has 0 aromatic heterocycles. The lowest BCUT2D eigenvalue weighted by atomic mass is 10.2. The van der Waals surface area contributed by atoms with Crippen molar-refractivity contribution in [2.24, 2.45) is 0 Å². The number of ether oxygens (including phenoxy) is 2. The van der Waals surface area contributed by atoms with Gasteiger partial charge in [0.1, 0.15) is 6.10 Å². The zero-order valence-electron chi connectivity index (χ0n) is 34.6. The van der Waals surface area contributed by atoms with E-state index in [4.69, 9.17) is 9.47 Å². The van der Waals surface area contributed by atoms with Crippen LogP contribution in [0, 0.1) is 0 Å². The van der Waals surface area contributed by atoms with Crippen LogP contribution in [0.4, 0.5) is 0 Å². The summed E-state index contributed by atoms with van der Waals surface area (Å²) in [5, 5.41) is 9.59. The predicted octanol–water partition coefficient (Wildman–Crippen LogP) is 14.2. The van der Waals surface area contributed by atoms with Gasteiger partial charge in [-0.05, 0) is 109 Å². The number of aliphatic hydroxyl groups excluding tert-OH is 1. The molecule has 0 rings (SSSR count). The maximum Gasteiger partial charge on any atom is 0.306 e. The van der Waals surface area contributed by atoms with Crippen molar-refractivity contribution in [3.8, 4) is 0 Å². The lowest BCUT2D eigenvalue weighted by Gasteiger charge is -2.15. The molecular weight excluding hydrogens is 677 g/mol. The van der Waals surface area contributed by atoms with Crippen molar-refractivity contribution in [3.63, 3.8) is 0 Å². The quantitative estimate of drug-likeness (QED) is 0.0393. The van der Waals surface area contributed by atoms with Crippen LogP contribution in [-0.4, -0.2) is 37.0 Å². The van der Waals surface area contributed by atoms with Crippen LogP contribution in [-0.2, 0) is 14.3 Å². The number of carbonyl (C=O) groups excluding carboxylic acids is 1. The highest BCUT2D eigenvalue weighted by atomic mass is 16.6. The molecule has 304 valence electrons. The Morgan fingerprint density at radius 1 is 0.436 bits per heavy atom. The number of rotatable bonds is 36. The van der Waals surface area contributed by atoms with Gasteiger partial charge in [0, 0.05) is 13.0 Å². The first kappa shape index (κ1) is 51.0. The lowest BCUT2D eigenvalue weighted by molar-refractivity contribution is -0.154. The molecule has 0 bridgehead atoms. The number of esters is 1. The Morgan fingerprint density at radius 3 is 1.07 bits per heavy atom. The molecule has 55 heavy (non-hydrogen) atoms. The van der Waals surface area contributed by atoms with E-state index in [9.17, 15) is 9.90 Å². The van der Waals surface area contributed by atoms with Crippen molar-refractivity contribution in [1.82, 2.24) is 0 Å². The molecule has 1 unspecified atom stereocenters. The average Bonchev–Trinajstić information content (AvgIpc) is 3.19. The molecular formula is C51H76O4. The van der Waals surface area contributed by atoms with Crippen molar-refractivity contribution in [3.05, 3.63) is 158 Å². The Bertz CT molecular complexity index is 1250. The van der Waals surface area contributed by atoms with Gasteiger partial charge in [0.15, 0.2) is 0 Å². The van der Waals surface area contributed by atoms with Crippen LogP contribution in [0.3, 0.4) is 0 Å². The molecule has 0 radical (unpaired) electrons. The van der Waals surface area contributed by atoms with Gasteiger partial charge in [-0.2, -0.15) is 0 Å². The Balaban J connectivity index is 3.74. The van der Waals surface area contributed by atoms with E-state index in [1.54, 1.807) is 0 Å². The zero-order chi connectivity index (χ0) is 39.8. The van der Waals surface area contributed by atoms with Gasteiger partial charge in [0.25, 0.3) is 0 Å². The minimum atomic E-state index is -0.612. The van der Waals surface area contributed by atoms with E-state index in [1.807, 2.05) is 6.08 Å². The van der Waals surface area contributed by atoms with E-state index in [0.29, 0.717) is 19.4 Å². The SMILES string of the molecule is CC/C=C\C/C=C\C/C=C\C/C=C\C/C=C\C/C=C\C/C=C\CCCCOCC(CO)OC(=O)CC/C=C\C/C=C\C/C=C\C/C=C\C/C=C\C/C=C\CC. The fraction of sp³-hybridized carbons (Fsp3) is 0.471. The van der Waals surface area contributed by atoms with E-state index >= 15 is 0 Å². The Kier molecular flexibility index (Phi) is 42.8. The maximum absolute atomic E-state index is 12.2. The summed E-state index contributed by atoms with van der Waals surface area (Å²) in [7, 11) is 0. The van der Waals surface area contributed by atoms with E-state index in [2.05, 4.69) is 166 Å². The van der Waals surface area contributed by atoms with Gasteiger partial charge in [0.05, 0.1) is 13.2 Å². The molecule has 0 aliphatic rings. The van der Waals surface area contributed by atoms with Gasteiger partial charge >= 0.3 is 5.97 Å². The minimum Gasteiger partial charge on any atom is -0.457 e. The van der Waals surface area contributed by atoms with Crippen molar-refractivity contribution in [2.45, 2.75) is 136 Å². The van der Waals surface area contributed by atoms with Gasteiger partial charge in [0.2, 0.25) is 0 Å². The second-order valence-electron chi connectivity index (χ2n) is 12.9. The van der Waals surface area contributed by atoms with E-state index in [-0.39, 0.29) is 19.2 Å². The summed E-state index contributed by atoms with van der Waals surface area (Å²) in [4.78, 5) is 12.2. The molecule has 0 saturated carbocycles. The molecule has 0 amide bonds. The number of hydrogen-bond acceptors (Lipinski definition) is 4. The van der Waals surface area contributed by atoms with Gasteiger partial charge in [-0.15, -0.1) is 0 Å². The molecule has 0 aliphatic carbocycles. The molecule has 0 saturated heterocycles. The summed E-state index contributed by atoms with van der Waals surface area (Å²) < 4.78 is 11.0. The van der Waals surface area contributed by atoms with Crippen LogP contribution >= 0.6 is 0 Å². The summed E-state index contributed by atoms with van der Waals surface area (Å²) >= 11 is 0. The van der Waals surface area contributed by atoms with Crippen LogP contribution in [0.15, 0.2) is 158 Å². The molecule has 0 spiro atoms. The summed E-state index contributed by atoms with van der Waals surface area (Å²) in [6.07, 6.45) is 73.1. The molecule has 0 aromatic rings. The average molecular weight is 753 g/mol. The van der Waals surface area contributed by atoms with Crippen LogP contribution in [0.5, 0.6) is 0 Å². The predicted molar refractivity (Wildman–Crippen MR) is 241 cm³/mol. The third-order valence-corrected chi connectivity index (χ3v) is 7.86. The standard InChI is InChI=1S/C51H76O4/c1-3-5-7-9-11-13-15-17-19-21-23-24-25-26-27-29-31-33-35-37-39-41-43-45-47-54-49-50(48-52)55-51(53)46-44-42-40-38-36-34-32-30-28-22-20-18-16-14-12-10-8-6-4-2/h5-8,11-14,17-20,23-24,26-28,30-31,33-34,36-37,39-40,42,50,52H,3-4,9-10,15-16,21-22,25,29,32,35,38,41,43-49H2,1-2H3/b7-5-,8-6-,13-11-,14-12-,19-17-,20-18-,24-23-,27-26-,30-28-,33-31-,36-34-,39-37-,42-40-. The van der Waals surface area contributed by atoms with Crippen LogP contribution in [0.1, 0.15) is 129 Å². The van der Waals surface area contributed by atoms with E-state index in [0.717, 1.165) is 103 Å². The first-order chi connectivity index (χ1) is 27.2. The van der Waals surface area contributed by atoms with E-state index < -0.39 is 6.10 Å². The van der Waals surface area contributed by atoms with Crippen molar-refractivity contribution >= 4 is 5.97 Å². The van der Waals surface area contributed by atoms with Crippen LogP contribution in [0.2, 0.25) is 0 Å². The zero-order valence-corrected chi connectivity index (χ0v) is 34.6. The van der Waals surface area contributed by atoms with Crippen molar-refractivity contribution in [2.75, 3.05) is 19.8 Å². The number of carbonyl (C=O) groups is 1. The first-order valence-electron chi connectivity index (χ1n) is 21.1. The van der Waals surface area contributed by atoms with Crippen molar-refractivity contribution < 1.29 is 19.4 Å². The van der Waals surface area contributed by atoms with Gasteiger partial charge < -0.3 is 14.6 Å². The Morgan fingerprint density at radius 2 is 0.745 bits per heavy atom. The smallest absolute Gasteiger partial charge is 0.306 e. The number of allylic oxidation sites excluding steroid dienone is 26. The number of aliphatic hydroxyl groups is 1. The monoisotopic (exact) mass is 753 g/mol.